The molecule has 0 heterocycles. The highest BCUT2D eigenvalue weighted by Gasteiger charge is 2.11. The number of methoxy groups -OCH3 is 1. The molecule has 0 atom stereocenters. The fourth-order valence-electron chi connectivity index (χ4n) is 2.56. The number of hydrogen-bond donors (Lipinski definition) is 2. The van der Waals surface area contributed by atoms with Crippen LogP contribution >= 0.6 is 0 Å². The Morgan fingerprint density at radius 3 is 2.14 bits per heavy atom. The van der Waals surface area contributed by atoms with E-state index >= 15 is 0 Å². The normalized spacial score (nSPS) is 10.2. The van der Waals surface area contributed by atoms with E-state index in [0.29, 0.717) is 11.4 Å². The minimum Gasteiger partial charge on any atom is -0.495 e. The molecule has 0 fully saturated rings. The van der Waals surface area contributed by atoms with Crippen molar-refractivity contribution in [1.82, 2.24) is 0 Å². The Hall–Kier alpha value is -2.49. The molecule has 0 saturated carbocycles. The third-order valence-electron chi connectivity index (χ3n) is 3.52. The maximum Gasteiger partial charge on any atom is 0.323 e. The van der Waals surface area contributed by atoms with Crippen LogP contribution in [0.1, 0.15) is 22.3 Å². The molecule has 0 aromatic heterocycles. The minimum absolute atomic E-state index is 0.279. The van der Waals surface area contributed by atoms with Gasteiger partial charge in [0.15, 0.2) is 0 Å². The van der Waals surface area contributed by atoms with Gasteiger partial charge in [0.2, 0.25) is 0 Å². The molecule has 0 aliphatic rings. The number of urea groups is 1. The number of carbonyl (C=O) groups excluding carboxylic acids is 1. The standard InChI is InChI=1S/C18H22N2O2/c1-11-6-7-16(22-5)15(10-11)19-18(21)20-17-13(3)8-12(2)9-14(17)4/h6-10H,1-5H3,(H2,19,20,21). The number of benzene rings is 2. The summed E-state index contributed by atoms with van der Waals surface area (Å²) in [6.07, 6.45) is 0. The van der Waals surface area contributed by atoms with Gasteiger partial charge >= 0.3 is 6.03 Å². The Balaban J connectivity index is 2.19. The van der Waals surface area contributed by atoms with Crippen LogP contribution in [0.3, 0.4) is 0 Å². The molecular formula is C18H22N2O2. The zero-order valence-corrected chi connectivity index (χ0v) is 13.7. The molecule has 0 spiro atoms. The lowest BCUT2D eigenvalue weighted by Crippen LogP contribution is -2.21. The third kappa shape index (κ3) is 3.58. The lowest BCUT2D eigenvalue weighted by atomic mass is 10.1. The van der Waals surface area contributed by atoms with Crippen molar-refractivity contribution < 1.29 is 9.53 Å². The van der Waals surface area contributed by atoms with E-state index in [9.17, 15) is 4.79 Å². The van der Waals surface area contributed by atoms with Gasteiger partial charge in [0.25, 0.3) is 0 Å². The molecule has 0 bridgehead atoms. The fraction of sp³-hybridized carbons (Fsp3) is 0.278. The van der Waals surface area contributed by atoms with Gasteiger partial charge in [-0.2, -0.15) is 0 Å². The largest absolute Gasteiger partial charge is 0.495 e. The monoisotopic (exact) mass is 298 g/mol. The molecule has 0 aliphatic heterocycles. The summed E-state index contributed by atoms with van der Waals surface area (Å²) >= 11 is 0. The predicted molar refractivity (Wildman–Crippen MR) is 91.0 cm³/mol. The first-order valence-corrected chi connectivity index (χ1v) is 7.21. The van der Waals surface area contributed by atoms with Crippen LogP contribution < -0.4 is 15.4 Å². The van der Waals surface area contributed by atoms with Crippen LogP contribution in [0.25, 0.3) is 0 Å². The van der Waals surface area contributed by atoms with E-state index in [1.54, 1.807) is 7.11 Å². The molecule has 22 heavy (non-hydrogen) atoms. The molecule has 2 amide bonds. The van der Waals surface area contributed by atoms with Crippen molar-refractivity contribution in [3.8, 4) is 5.75 Å². The Morgan fingerprint density at radius 1 is 0.909 bits per heavy atom. The van der Waals surface area contributed by atoms with E-state index in [0.717, 1.165) is 22.4 Å². The summed E-state index contributed by atoms with van der Waals surface area (Å²) in [5.74, 6) is 0.637. The second-order valence-electron chi connectivity index (χ2n) is 5.56. The number of carbonyl (C=O) groups is 1. The lowest BCUT2D eigenvalue weighted by Gasteiger charge is -2.15. The van der Waals surface area contributed by atoms with Crippen molar-refractivity contribution >= 4 is 17.4 Å². The first kappa shape index (κ1) is 15.9. The van der Waals surface area contributed by atoms with Crippen molar-refractivity contribution in [1.29, 1.82) is 0 Å². The highest BCUT2D eigenvalue weighted by molar-refractivity contribution is 6.01. The van der Waals surface area contributed by atoms with Crippen LogP contribution in [0.2, 0.25) is 0 Å². The van der Waals surface area contributed by atoms with Crippen LogP contribution in [0.15, 0.2) is 30.3 Å². The van der Waals surface area contributed by atoms with Crippen LogP contribution in [0.4, 0.5) is 16.2 Å². The van der Waals surface area contributed by atoms with Crippen LogP contribution in [-0.2, 0) is 0 Å². The smallest absolute Gasteiger partial charge is 0.323 e. The number of anilines is 2. The lowest BCUT2D eigenvalue weighted by molar-refractivity contribution is 0.262. The van der Waals surface area contributed by atoms with Gasteiger partial charge in [0.1, 0.15) is 5.75 Å². The number of nitrogens with one attached hydrogen (secondary N) is 2. The number of aryl methyl sites for hydroxylation is 4. The first-order chi connectivity index (χ1) is 10.4. The van der Waals surface area contributed by atoms with Crippen molar-refractivity contribution in [3.05, 3.63) is 52.6 Å². The molecule has 0 saturated heterocycles. The number of ether oxygens (including phenoxy) is 1. The molecule has 0 unspecified atom stereocenters. The summed E-state index contributed by atoms with van der Waals surface area (Å²) in [6, 6.07) is 9.49. The van der Waals surface area contributed by atoms with Gasteiger partial charge < -0.3 is 15.4 Å². The third-order valence-corrected chi connectivity index (χ3v) is 3.52. The summed E-state index contributed by atoms with van der Waals surface area (Å²) < 4.78 is 5.27. The Kier molecular flexibility index (Phi) is 4.71. The van der Waals surface area contributed by atoms with Crippen molar-refractivity contribution in [3.63, 3.8) is 0 Å². The zero-order valence-electron chi connectivity index (χ0n) is 13.7. The van der Waals surface area contributed by atoms with Gasteiger partial charge in [-0.1, -0.05) is 23.8 Å². The van der Waals surface area contributed by atoms with Gasteiger partial charge in [0.05, 0.1) is 12.8 Å². The van der Waals surface area contributed by atoms with Gasteiger partial charge in [-0.15, -0.1) is 0 Å². The number of hydrogen-bond acceptors (Lipinski definition) is 2. The quantitative estimate of drug-likeness (QED) is 0.872. The average Bonchev–Trinajstić information content (AvgIpc) is 2.43. The molecule has 0 radical (unpaired) electrons. The molecule has 4 nitrogen and oxygen atoms in total. The summed E-state index contributed by atoms with van der Waals surface area (Å²) in [6.45, 7) is 7.99. The molecule has 2 aromatic rings. The van der Waals surface area contributed by atoms with Gasteiger partial charge in [-0.05, 0) is 56.5 Å². The SMILES string of the molecule is COc1ccc(C)cc1NC(=O)Nc1c(C)cc(C)cc1C. The predicted octanol–water partition coefficient (Wildman–Crippen LogP) is 4.57. The summed E-state index contributed by atoms with van der Waals surface area (Å²) in [4.78, 5) is 12.3. The molecule has 2 rings (SSSR count). The highest BCUT2D eigenvalue weighted by atomic mass is 16.5. The average molecular weight is 298 g/mol. The number of rotatable bonds is 3. The zero-order chi connectivity index (χ0) is 16.3. The first-order valence-electron chi connectivity index (χ1n) is 7.21. The Labute approximate surface area is 131 Å². The Bertz CT molecular complexity index is 685. The van der Waals surface area contributed by atoms with Gasteiger partial charge in [0, 0.05) is 5.69 Å². The molecule has 0 aliphatic carbocycles. The van der Waals surface area contributed by atoms with Crippen LogP contribution in [0, 0.1) is 27.7 Å². The fourth-order valence-corrected chi connectivity index (χ4v) is 2.56. The molecular weight excluding hydrogens is 276 g/mol. The summed E-state index contributed by atoms with van der Waals surface area (Å²) in [7, 11) is 1.59. The topological polar surface area (TPSA) is 50.4 Å². The number of amides is 2. The van der Waals surface area contributed by atoms with Crippen molar-refractivity contribution in [2.24, 2.45) is 0 Å². The van der Waals surface area contributed by atoms with E-state index in [1.807, 2.05) is 45.9 Å². The van der Waals surface area contributed by atoms with Crippen LogP contribution in [-0.4, -0.2) is 13.1 Å². The highest BCUT2D eigenvalue weighted by Crippen LogP contribution is 2.26. The van der Waals surface area contributed by atoms with Gasteiger partial charge in [-0.3, -0.25) is 0 Å². The maximum atomic E-state index is 12.3. The molecule has 2 aromatic carbocycles. The van der Waals surface area contributed by atoms with E-state index < -0.39 is 0 Å². The molecule has 116 valence electrons. The van der Waals surface area contributed by atoms with E-state index in [-0.39, 0.29) is 6.03 Å². The second kappa shape index (κ2) is 6.52. The Morgan fingerprint density at radius 2 is 1.55 bits per heavy atom. The molecule has 4 heteroatoms. The van der Waals surface area contributed by atoms with Crippen molar-refractivity contribution in [2.75, 3.05) is 17.7 Å². The minimum atomic E-state index is -0.279. The van der Waals surface area contributed by atoms with E-state index in [1.165, 1.54) is 5.56 Å². The van der Waals surface area contributed by atoms with E-state index in [2.05, 4.69) is 22.8 Å². The van der Waals surface area contributed by atoms with Gasteiger partial charge in [-0.25, -0.2) is 4.79 Å². The second-order valence-corrected chi connectivity index (χ2v) is 5.56. The maximum absolute atomic E-state index is 12.3. The summed E-state index contributed by atoms with van der Waals surface area (Å²) in [5.41, 5.74) is 5.82. The van der Waals surface area contributed by atoms with E-state index in [4.69, 9.17) is 4.74 Å². The summed E-state index contributed by atoms with van der Waals surface area (Å²) in [5, 5.41) is 5.76. The van der Waals surface area contributed by atoms with Crippen molar-refractivity contribution in [2.45, 2.75) is 27.7 Å². The van der Waals surface area contributed by atoms with Crippen LogP contribution in [0.5, 0.6) is 5.75 Å². The molecule has 2 N–H and O–H groups in total.